The van der Waals surface area contributed by atoms with E-state index in [0.717, 1.165) is 6.29 Å². The molecule has 1 aliphatic heterocycles. The van der Waals surface area contributed by atoms with Gasteiger partial charge in [0.25, 0.3) is 0 Å². The van der Waals surface area contributed by atoms with E-state index in [-0.39, 0.29) is 18.2 Å². The lowest BCUT2D eigenvalue weighted by Crippen LogP contribution is -2.23. The fourth-order valence-electron chi connectivity index (χ4n) is 1.28. The highest BCUT2D eigenvalue weighted by Crippen LogP contribution is 2.21. The first-order valence-electron chi connectivity index (χ1n) is 3.91. The molecule has 1 saturated heterocycles. The monoisotopic (exact) mass is 172 g/mol. The maximum Gasteiger partial charge on any atom is 0.302 e. The minimum absolute atomic E-state index is 0.177. The van der Waals surface area contributed by atoms with E-state index >= 15 is 0 Å². The SMILES string of the molecule is CC(=O)OC1CC(C=O)OC1C. The van der Waals surface area contributed by atoms with E-state index < -0.39 is 6.10 Å². The number of hydrogen-bond donors (Lipinski definition) is 0. The molecule has 0 spiro atoms. The quantitative estimate of drug-likeness (QED) is 0.444. The molecule has 1 heterocycles. The maximum atomic E-state index is 10.6. The van der Waals surface area contributed by atoms with Crippen molar-refractivity contribution in [2.24, 2.45) is 0 Å². The van der Waals surface area contributed by atoms with Crippen LogP contribution in [0, 0.1) is 0 Å². The highest BCUT2D eigenvalue weighted by atomic mass is 16.6. The van der Waals surface area contributed by atoms with Crippen LogP contribution in [0.2, 0.25) is 0 Å². The van der Waals surface area contributed by atoms with Gasteiger partial charge in [0.1, 0.15) is 18.5 Å². The van der Waals surface area contributed by atoms with Crippen LogP contribution in [0.4, 0.5) is 0 Å². The van der Waals surface area contributed by atoms with Gasteiger partial charge in [0, 0.05) is 13.3 Å². The number of aldehydes is 1. The van der Waals surface area contributed by atoms with Crippen LogP contribution in [0.25, 0.3) is 0 Å². The first kappa shape index (κ1) is 9.19. The van der Waals surface area contributed by atoms with Crippen molar-refractivity contribution in [1.82, 2.24) is 0 Å². The average molecular weight is 172 g/mol. The Morgan fingerprint density at radius 2 is 2.33 bits per heavy atom. The van der Waals surface area contributed by atoms with E-state index in [0.29, 0.717) is 6.42 Å². The summed E-state index contributed by atoms with van der Waals surface area (Å²) in [7, 11) is 0. The number of ether oxygens (including phenoxy) is 2. The fourth-order valence-corrected chi connectivity index (χ4v) is 1.28. The predicted molar refractivity (Wildman–Crippen MR) is 40.6 cm³/mol. The zero-order chi connectivity index (χ0) is 9.14. The minimum Gasteiger partial charge on any atom is -0.460 e. The summed E-state index contributed by atoms with van der Waals surface area (Å²) in [5, 5.41) is 0. The van der Waals surface area contributed by atoms with Crippen molar-refractivity contribution in [3.63, 3.8) is 0 Å². The van der Waals surface area contributed by atoms with Crippen molar-refractivity contribution >= 4 is 12.3 Å². The van der Waals surface area contributed by atoms with E-state index in [1.165, 1.54) is 6.92 Å². The van der Waals surface area contributed by atoms with Crippen molar-refractivity contribution in [3.05, 3.63) is 0 Å². The molecular weight excluding hydrogens is 160 g/mol. The summed E-state index contributed by atoms with van der Waals surface area (Å²) in [6.45, 7) is 3.14. The molecule has 3 atom stereocenters. The van der Waals surface area contributed by atoms with Gasteiger partial charge in [0.2, 0.25) is 0 Å². The van der Waals surface area contributed by atoms with Gasteiger partial charge in [-0.3, -0.25) is 4.79 Å². The van der Waals surface area contributed by atoms with Gasteiger partial charge in [-0.1, -0.05) is 0 Å². The molecule has 1 aliphatic rings. The van der Waals surface area contributed by atoms with Crippen molar-refractivity contribution < 1.29 is 19.1 Å². The summed E-state index contributed by atoms with van der Waals surface area (Å²) < 4.78 is 10.1. The highest BCUT2D eigenvalue weighted by Gasteiger charge is 2.33. The minimum atomic E-state index is -0.413. The zero-order valence-corrected chi connectivity index (χ0v) is 7.15. The van der Waals surface area contributed by atoms with Gasteiger partial charge in [0.15, 0.2) is 0 Å². The molecule has 1 rings (SSSR count). The standard InChI is InChI=1S/C8H12O4/c1-5-8(12-6(2)10)3-7(4-9)11-5/h4-5,7-8H,3H2,1-2H3. The topological polar surface area (TPSA) is 52.6 Å². The van der Waals surface area contributed by atoms with E-state index in [9.17, 15) is 9.59 Å². The second kappa shape index (κ2) is 3.67. The Morgan fingerprint density at radius 3 is 2.75 bits per heavy atom. The van der Waals surface area contributed by atoms with Crippen molar-refractivity contribution in [2.45, 2.75) is 38.6 Å². The third kappa shape index (κ3) is 2.04. The van der Waals surface area contributed by atoms with Crippen molar-refractivity contribution in [1.29, 1.82) is 0 Å². The van der Waals surface area contributed by atoms with Crippen LogP contribution in [0.1, 0.15) is 20.3 Å². The molecule has 0 N–H and O–H groups in total. The summed E-state index contributed by atoms with van der Waals surface area (Å²) in [5.74, 6) is -0.331. The Balaban J connectivity index is 2.45. The van der Waals surface area contributed by atoms with E-state index in [2.05, 4.69) is 0 Å². The predicted octanol–water partition coefficient (Wildman–Crippen LogP) is 0.294. The summed E-state index contributed by atoms with van der Waals surface area (Å²) in [5.41, 5.74) is 0. The molecule has 4 heteroatoms. The fraction of sp³-hybridized carbons (Fsp3) is 0.750. The summed E-state index contributed by atoms with van der Waals surface area (Å²) in [4.78, 5) is 20.9. The van der Waals surface area contributed by atoms with E-state index in [1.54, 1.807) is 6.92 Å². The summed E-state index contributed by atoms with van der Waals surface area (Å²) >= 11 is 0. The van der Waals surface area contributed by atoms with E-state index in [4.69, 9.17) is 9.47 Å². The number of rotatable bonds is 2. The molecule has 4 nitrogen and oxygen atoms in total. The lowest BCUT2D eigenvalue weighted by atomic mass is 10.1. The van der Waals surface area contributed by atoms with Gasteiger partial charge in [0.05, 0.1) is 6.10 Å². The Kier molecular flexibility index (Phi) is 2.81. The van der Waals surface area contributed by atoms with Crippen LogP contribution in [0.15, 0.2) is 0 Å². The van der Waals surface area contributed by atoms with E-state index in [1.807, 2.05) is 0 Å². The Bertz CT molecular complexity index is 189. The molecule has 68 valence electrons. The van der Waals surface area contributed by atoms with Gasteiger partial charge >= 0.3 is 5.97 Å². The normalized spacial score (nSPS) is 34.7. The number of hydrogen-bond acceptors (Lipinski definition) is 4. The van der Waals surface area contributed by atoms with Gasteiger partial charge in [-0.15, -0.1) is 0 Å². The van der Waals surface area contributed by atoms with Crippen LogP contribution in [-0.4, -0.2) is 30.6 Å². The van der Waals surface area contributed by atoms with Crippen molar-refractivity contribution in [3.8, 4) is 0 Å². The first-order valence-corrected chi connectivity index (χ1v) is 3.91. The molecule has 0 amide bonds. The van der Waals surface area contributed by atoms with Crippen LogP contribution in [0.5, 0.6) is 0 Å². The lowest BCUT2D eigenvalue weighted by Gasteiger charge is -2.12. The largest absolute Gasteiger partial charge is 0.460 e. The van der Waals surface area contributed by atoms with Crippen LogP contribution in [0.3, 0.4) is 0 Å². The molecule has 1 fully saturated rings. The van der Waals surface area contributed by atoms with Gasteiger partial charge in [-0.05, 0) is 6.92 Å². The number of carbonyl (C=O) groups is 2. The Labute approximate surface area is 70.8 Å². The second-order valence-corrected chi connectivity index (χ2v) is 2.90. The van der Waals surface area contributed by atoms with Crippen LogP contribution >= 0.6 is 0 Å². The molecule has 0 aromatic carbocycles. The summed E-state index contributed by atoms with van der Waals surface area (Å²) in [6, 6.07) is 0. The molecule has 0 aromatic heterocycles. The second-order valence-electron chi connectivity index (χ2n) is 2.90. The molecule has 0 aromatic rings. The zero-order valence-electron chi connectivity index (χ0n) is 7.15. The molecule has 0 radical (unpaired) electrons. The Morgan fingerprint density at radius 1 is 1.67 bits per heavy atom. The maximum absolute atomic E-state index is 10.6. The first-order chi connectivity index (χ1) is 5.63. The Hall–Kier alpha value is -0.900. The highest BCUT2D eigenvalue weighted by molar-refractivity contribution is 5.66. The van der Waals surface area contributed by atoms with Gasteiger partial charge < -0.3 is 14.3 Å². The van der Waals surface area contributed by atoms with Gasteiger partial charge in [-0.2, -0.15) is 0 Å². The third-order valence-electron chi connectivity index (χ3n) is 1.85. The summed E-state index contributed by atoms with van der Waals surface area (Å²) in [6.07, 6.45) is 0.357. The molecule has 0 saturated carbocycles. The molecule has 0 aliphatic carbocycles. The van der Waals surface area contributed by atoms with Crippen LogP contribution in [-0.2, 0) is 19.1 Å². The van der Waals surface area contributed by atoms with Crippen molar-refractivity contribution in [2.75, 3.05) is 0 Å². The molecule has 3 unspecified atom stereocenters. The molecule has 0 bridgehead atoms. The smallest absolute Gasteiger partial charge is 0.302 e. The average Bonchev–Trinajstić information content (AvgIpc) is 2.31. The van der Waals surface area contributed by atoms with Gasteiger partial charge in [-0.25, -0.2) is 0 Å². The lowest BCUT2D eigenvalue weighted by molar-refractivity contribution is -0.148. The third-order valence-corrected chi connectivity index (χ3v) is 1.85. The molecule has 12 heavy (non-hydrogen) atoms. The molecular formula is C8H12O4. The number of carbonyl (C=O) groups excluding carboxylic acids is 2. The van der Waals surface area contributed by atoms with Crippen LogP contribution < -0.4 is 0 Å². The number of esters is 1.